The van der Waals surface area contributed by atoms with Crippen molar-refractivity contribution < 1.29 is 13.2 Å². The number of hydrogen-bond acceptors (Lipinski definition) is 4. The number of hydrogen-bond donors (Lipinski definition) is 2. The van der Waals surface area contributed by atoms with E-state index in [0.717, 1.165) is 5.56 Å². The standard InChI is InChI=1S/C17H17N3O3S/c1-13-6-8-15(9-7-13)20-17(21)14-4-2-5-16(12-14)24(22,23)19-11-3-10-18/h2,4-9,12,19H,3,11H2,1H3,(H,20,21). The second-order valence-corrected chi connectivity index (χ2v) is 6.92. The summed E-state index contributed by atoms with van der Waals surface area (Å²) in [5, 5.41) is 11.2. The van der Waals surface area contributed by atoms with Gasteiger partial charge in [-0.05, 0) is 37.3 Å². The van der Waals surface area contributed by atoms with E-state index in [0.29, 0.717) is 5.69 Å². The molecule has 2 rings (SSSR count). The van der Waals surface area contributed by atoms with Crippen molar-refractivity contribution in [3.63, 3.8) is 0 Å². The summed E-state index contributed by atoms with van der Waals surface area (Å²) in [5.74, 6) is -0.395. The summed E-state index contributed by atoms with van der Waals surface area (Å²) >= 11 is 0. The number of aryl methyl sites for hydroxylation is 1. The van der Waals surface area contributed by atoms with Gasteiger partial charge in [0.15, 0.2) is 0 Å². The van der Waals surface area contributed by atoms with E-state index < -0.39 is 15.9 Å². The quantitative estimate of drug-likeness (QED) is 0.787. The summed E-state index contributed by atoms with van der Waals surface area (Å²) in [5.41, 5.74) is 1.94. The van der Waals surface area contributed by atoms with Gasteiger partial charge in [0.25, 0.3) is 5.91 Å². The molecule has 0 radical (unpaired) electrons. The van der Waals surface area contributed by atoms with Gasteiger partial charge in [0.1, 0.15) is 0 Å². The molecule has 0 bridgehead atoms. The lowest BCUT2D eigenvalue weighted by Crippen LogP contribution is -2.25. The lowest BCUT2D eigenvalue weighted by atomic mass is 10.2. The minimum Gasteiger partial charge on any atom is -0.322 e. The molecule has 0 aromatic heterocycles. The van der Waals surface area contributed by atoms with Crippen LogP contribution < -0.4 is 10.0 Å². The zero-order chi connectivity index (χ0) is 17.6. The normalized spacial score (nSPS) is 10.8. The van der Waals surface area contributed by atoms with Gasteiger partial charge in [0.2, 0.25) is 10.0 Å². The number of anilines is 1. The third-order valence-corrected chi connectivity index (χ3v) is 4.70. The molecule has 0 saturated carbocycles. The molecule has 0 spiro atoms. The Morgan fingerprint density at radius 1 is 1.17 bits per heavy atom. The molecule has 0 aliphatic carbocycles. The van der Waals surface area contributed by atoms with Crippen LogP contribution in [0.5, 0.6) is 0 Å². The van der Waals surface area contributed by atoms with E-state index in [1.165, 1.54) is 24.3 Å². The van der Waals surface area contributed by atoms with Crippen molar-refractivity contribution in [3.8, 4) is 6.07 Å². The molecule has 2 aromatic rings. The van der Waals surface area contributed by atoms with Crippen LogP contribution in [0.25, 0.3) is 0 Å². The zero-order valence-electron chi connectivity index (χ0n) is 13.1. The summed E-state index contributed by atoms with van der Waals surface area (Å²) < 4.78 is 26.6. The predicted molar refractivity (Wildman–Crippen MR) is 91.0 cm³/mol. The maximum absolute atomic E-state index is 12.3. The Kier molecular flexibility index (Phi) is 5.68. The third kappa shape index (κ3) is 4.65. The fourth-order valence-electron chi connectivity index (χ4n) is 1.97. The van der Waals surface area contributed by atoms with Crippen molar-refractivity contribution >= 4 is 21.6 Å². The van der Waals surface area contributed by atoms with Gasteiger partial charge in [0.05, 0.1) is 11.0 Å². The smallest absolute Gasteiger partial charge is 0.255 e. The minimum absolute atomic E-state index is 0.0167. The van der Waals surface area contributed by atoms with E-state index in [2.05, 4.69) is 10.0 Å². The van der Waals surface area contributed by atoms with Crippen LogP contribution in [0, 0.1) is 18.3 Å². The van der Waals surface area contributed by atoms with E-state index in [1.54, 1.807) is 12.1 Å². The van der Waals surface area contributed by atoms with Crippen molar-refractivity contribution in [3.05, 3.63) is 59.7 Å². The lowest BCUT2D eigenvalue weighted by Gasteiger charge is -2.08. The van der Waals surface area contributed by atoms with E-state index in [1.807, 2.05) is 25.1 Å². The minimum atomic E-state index is -3.75. The highest BCUT2D eigenvalue weighted by Crippen LogP contribution is 2.14. The van der Waals surface area contributed by atoms with Crippen LogP contribution in [0.15, 0.2) is 53.4 Å². The van der Waals surface area contributed by atoms with Gasteiger partial charge in [-0.15, -0.1) is 0 Å². The van der Waals surface area contributed by atoms with Gasteiger partial charge in [-0.25, -0.2) is 13.1 Å². The first-order chi connectivity index (χ1) is 11.4. The van der Waals surface area contributed by atoms with Crippen molar-refractivity contribution in [1.82, 2.24) is 4.72 Å². The number of nitrogens with zero attached hydrogens (tertiary/aromatic N) is 1. The van der Waals surface area contributed by atoms with E-state index in [4.69, 9.17) is 5.26 Å². The van der Waals surface area contributed by atoms with Crippen molar-refractivity contribution in [2.24, 2.45) is 0 Å². The van der Waals surface area contributed by atoms with E-state index in [-0.39, 0.29) is 23.4 Å². The Morgan fingerprint density at radius 2 is 1.88 bits per heavy atom. The Balaban J connectivity index is 2.16. The van der Waals surface area contributed by atoms with Gasteiger partial charge in [0, 0.05) is 24.2 Å². The number of rotatable bonds is 6. The van der Waals surface area contributed by atoms with Crippen LogP contribution in [0.1, 0.15) is 22.3 Å². The van der Waals surface area contributed by atoms with Crippen LogP contribution in [0.4, 0.5) is 5.69 Å². The molecule has 0 atom stereocenters. The summed E-state index contributed by atoms with van der Waals surface area (Å²) in [4.78, 5) is 12.3. The van der Waals surface area contributed by atoms with E-state index >= 15 is 0 Å². The highest BCUT2D eigenvalue weighted by molar-refractivity contribution is 7.89. The molecule has 0 aliphatic heterocycles. The highest BCUT2D eigenvalue weighted by atomic mass is 32.2. The Morgan fingerprint density at radius 3 is 2.54 bits per heavy atom. The lowest BCUT2D eigenvalue weighted by molar-refractivity contribution is 0.102. The molecular formula is C17H17N3O3S. The molecule has 2 aromatic carbocycles. The molecule has 0 heterocycles. The number of benzene rings is 2. The first kappa shape index (κ1) is 17.7. The Hall–Kier alpha value is -2.69. The molecule has 124 valence electrons. The predicted octanol–water partition coefficient (Wildman–Crippen LogP) is 2.44. The summed E-state index contributed by atoms with van der Waals surface area (Å²) in [6.45, 7) is 1.97. The number of carbonyl (C=O) groups excluding carboxylic acids is 1. The first-order valence-electron chi connectivity index (χ1n) is 7.27. The Labute approximate surface area is 141 Å². The molecule has 6 nitrogen and oxygen atoms in total. The largest absolute Gasteiger partial charge is 0.322 e. The molecule has 0 aliphatic rings. The van der Waals surface area contributed by atoms with Crippen molar-refractivity contribution in [1.29, 1.82) is 5.26 Å². The molecule has 24 heavy (non-hydrogen) atoms. The fraction of sp³-hybridized carbons (Fsp3) is 0.176. The number of sulfonamides is 1. The van der Waals surface area contributed by atoms with E-state index in [9.17, 15) is 13.2 Å². The number of amides is 1. The average molecular weight is 343 g/mol. The topological polar surface area (TPSA) is 99.1 Å². The van der Waals surface area contributed by atoms with Crippen molar-refractivity contribution in [2.45, 2.75) is 18.2 Å². The molecule has 0 saturated heterocycles. The first-order valence-corrected chi connectivity index (χ1v) is 8.75. The second-order valence-electron chi connectivity index (χ2n) is 5.15. The molecule has 1 amide bonds. The molecular weight excluding hydrogens is 326 g/mol. The number of carbonyl (C=O) groups is 1. The fourth-order valence-corrected chi connectivity index (χ4v) is 3.05. The maximum atomic E-state index is 12.3. The second kappa shape index (κ2) is 7.73. The van der Waals surface area contributed by atoms with Gasteiger partial charge in [-0.2, -0.15) is 5.26 Å². The van der Waals surface area contributed by atoms with Crippen molar-refractivity contribution in [2.75, 3.05) is 11.9 Å². The molecule has 0 fully saturated rings. The van der Waals surface area contributed by atoms with Crippen LogP contribution in [0.3, 0.4) is 0 Å². The van der Waals surface area contributed by atoms with Gasteiger partial charge >= 0.3 is 0 Å². The van der Waals surface area contributed by atoms with Gasteiger partial charge in [-0.3, -0.25) is 4.79 Å². The summed E-state index contributed by atoms with van der Waals surface area (Å²) in [7, 11) is -3.75. The zero-order valence-corrected chi connectivity index (χ0v) is 13.9. The molecule has 0 unspecified atom stereocenters. The Bertz CT molecular complexity index is 869. The van der Waals surface area contributed by atoms with Crippen LogP contribution in [-0.2, 0) is 10.0 Å². The summed E-state index contributed by atoms with van der Waals surface area (Å²) in [6, 6.07) is 14.9. The van der Waals surface area contributed by atoms with Gasteiger partial charge in [-0.1, -0.05) is 23.8 Å². The summed E-state index contributed by atoms with van der Waals surface area (Å²) in [6.07, 6.45) is 0.0762. The monoisotopic (exact) mass is 343 g/mol. The van der Waals surface area contributed by atoms with Crippen LogP contribution in [0.2, 0.25) is 0 Å². The average Bonchev–Trinajstić information content (AvgIpc) is 2.57. The van der Waals surface area contributed by atoms with Crippen LogP contribution >= 0.6 is 0 Å². The third-order valence-electron chi connectivity index (χ3n) is 3.24. The number of nitrogens with one attached hydrogen (secondary N) is 2. The molecule has 2 N–H and O–H groups in total. The maximum Gasteiger partial charge on any atom is 0.255 e. The SMILES string of the molecule is Cc1ccc(NC(=O)c2cccc(S(=O)(=O)NCCC#N)c2)cc1. The molecule has 7 heteroatoms. The van der Waals surface area contributed by atoms with Gasteiger partial charge < -0.3 is 5.32 Å². The highest BCUT2D eigenvalue weighted by Gasteiger charge is 2.15. The number of nitriles is 1. The van der Waals surface area contributed by atoms with Crippen LogP contribution in [-0.4, -0.2) is 20.9 Å².